The first kappa shape index (κ1) is 17.9. The number of aldehydes is 1. The van der Waals surface area contributed by atoms with Crippen LogP contribution in [0.1, 0.15) is 28.1 Å². The number of hydrogen-bond donors (Lipinski definition) is 0. The highest BCUT2D eigenvalue weighted by molar-refractivity contribution is 7.20. The van der Waals surface area contributed by atoms with Crippen molar-refractivity contribution in [3.8, 4) is 0 Å². The first-order chi connectivity index (χ1) is 11.7. The second kappa shape index (κ2) is 6.41. The molecule has 1 atom stereocenters. The molecule has 1 unspecified atom stereocenters. The molecule has 0 aliphatic carbocycles. The lowest BCUT2D eigenvalue weighted by atomic mass is 10.2. The molecule has 10 heteroatoms. The maximum atomic E-state index is 12.8. The van der Waals surface area contributed by atoms with E-state index in [4.69, 9.17) is 4.74 Å². The maximum absolute atomic E-state index is 12.8. The van der Waals surface area contributed by atoms with Crippen LogP contribution >= 0.6 is 11.3 Å². The Hall–Kier alpha value is -1.94. The number of halogens is 3. The van der Waals surface area contributed by atoms with Crippen molar-refractivity contribution in [3.63, 3.8) is 0 Å². The number of hydrogen-bond acceptors (Lipinski definition) is 5. The van der Waals surface area contributed by atoms with Crippen molar-refractivity contribution in [2.24, 2.45) is 0 Å². The largest absolute Gasteiger partial charge is 0.406 e. The highest BCUT2D eigenvalue weighted by atomic mass is 32.1. The number of ether oxygens (including phenoxy) is 1. The lowest BCUT2D eigenvalue weighted by molar-refractivity contribution is -0.141. The molecule has 0 bridgehead atoms. The van der Waals surface area contributed by atoms with E-state index in [-0.39, 0.29) is 37.9 Å². The molecule has 1 aliphatic rings. The smallest absolute Gasteiger partial charge is 0.376 e. The summed E-state index contributed by atoms with van der Waals surface area (Å²) in [5.74, 6) is 0. The van der Waals surface area contributed by atoms with Gasteiger partial charge < -0.3 is 4.74 Å². The van der Waals surface area contributed by atoms with E-state index < -0.39 is 24.0 Å². The minimum atomic E-state index is -4.71. The fourth-order valence-electron chi connectivity index (χ4n) is 3.00. The number of aromatic nitrogens is 2. The number of thiophene rings is 1. The zero-order chi connectivity index (χ0) is 18.4. The molecule has 1 aliphatic heterocycles. The van der Waals surface area contributed by atoms with Crippen LogP contribution in [0.4, 0.5) is 13.2 Å². The van der Waals surface area contributed by atoms with Crippen molar-refractivity contribution in [1.82, 2.24) is 9.13 Å². The number of alkyl halides is 3. The molecule has 0 N–H and O–H groups in total. The van der Waals surface area contributed by atoms with Crippen molar-refractivity contribution < 1.29 is 22.7 Å². The first-order valence-corrected chi connectivity index (χ1v) is 8.45. The lowest BCUT2D eigenvalue weighted by Gasteiger charge is -2.16. The van der Waals surface area contributed by atoms with E-state index >= 15 is 0 Å². The van der Waals surface area contributed by atoms with E-state index in [1.165, 1.54) is 6.92 Å². The molecule has 1 fully saturated rings. The molecule has 0 aromatic carbocycles. The van der Waals surface area contributed by atoms with Crippen molar-refractivity contribution in [3.05, 3.63) is 31.3 Å². The molecule has 0 radical (unpaired) electrons. The van der Waals surface area contributed by atoms with Gasteiger partial charge in [-0.25, -0.2) is 4.79 Å². The zero-order valence-corrected chi connectivity index (χ0v) is 14.1. The summed E-state index contributed by atoms with van der Waals surface area (Å²) in [5, 5.41) is -0.0195. The van der Waals surface area contributed by atoms with E-state index in [0.29, 0.717) is 19.3 Å². The Labute approximate surface area is 143 Å². The Bertz CT molecular complexity index is 935. The van der Waals surface area contributed by atoms with Crippen LogP contribution in [0.3, 0.4) is 0 Å². The molecule has 136 valence electrons. The number of rotatable bonds is 4. The fraction of sp³-hybridized carbons (Fsp3) is 0.533. The van der Waals surface area contributed by atoms with E-state index in [1.54, 1.807) is 0 Å². The van der Waals surface area contributed by atoms with Gasteiger partial charge in [-0.1, -0.05) is 0 Å². The van der Waals surface area contributed by atoms with Crippen molar-refractivity contribution in [2.75, 3.05) is 6.61 Å². The standard InChI is InChI=1S/C15H15F3N2O4S/c1-8-10(6-21)25-13-11(8)12(22)20(7-15(16,17)18)14(23)19(13)5-9-3-2-4-24-9/h6,9H,2-5,7H2,1H3. The SMILES string of the molecule is Cc1c(C=O)sc2c1c(=O)n(CC(F)(F)F)c(=O)n2CC1CCCO1. The Balaban J connectivity index is 2.28. The van der Waals surface area contributed by atoms with Gasteiger partial charge in [-0.2, -0.15) is 13.2 Å². The van der Waals surface area contributed by atoms with Gasteiger partial charge in [0.2, 0.25) is 0 Å². The van der Waals surface area contributed by atoms with Crippen molar-refractivity contribution in [2.45, 2.75) is 45.1 Å². The van der Waals surface area contributed by atoms with Crippen LogP contribution in [0.5, 0.6) is 0 Å². The van der Waals surface area contributed by atoms with Gasteiger partial charge in [-0.05, 0) is 25.3 Å². The van der Waals surface area contributed by atoms with Gasteiger partial charge in [0.1, 0.15) is 11.4 Å². The van der Waals surface area contributed by atoms with Gasteiger partial charge in [-0.3, -0.25) is 18.7 Å². The first-order valence-electron chi connectivity index (χ1n) is 7.63. The summed E-state index contributed by atoms with van der Waals surface area (Å²) in [6, 6.07) is 0. The average molecular weight is 376 g/mol. The highest BCUT2D eigenvalue weighted by Crippen LogP contribution is 2.27. The zero-order valence-electron chi connectivity index (χ0n) is 13.3. The number of carbonyl (C=O) groups is 1. The maximum Gasteiger partial charge on any atom is 0.406 e. The van der Waals surface area contributed by atoms with E-state index in [2.05, 4.69) is 0 Å². The number of aryl methyl sites for hydroxylation is 1. The Morgan fingerprint density at radius 3 is 2.60 bits per heavy atom. The van der Waals surface area contributed by atoms with Gasteiger partial charge in [-0.15, -0.1) is 11.3 Å². The van der Waals surface area contributed by atoms with E-state index in [9.17, 15) is 27.6 Å². The second-order valence-electron chi connectivity index (χ2n) is 5.92. The number of nitrogens with zero attached hydrogens (tertiary/aromatic N) is 2. The minimum Gasteiger partial charge on any atom is -0.376 e. The Morgan fingerprint density at radius 1 is 1.32 bits per heavy atom. The number of fused-ring (bicyclic) bond motifs is 1. The number of carbonyl (C=O) groups excluding carboxylic acids is 1. The van der Waals surface area contributed by atoms with Crippen LogP contribution in [0.2, 0.25) is 0 Å². The predicted octanol–water partition coefficient (Wildman–Crippen LogP) is 2.09. The summed E-state index contributed by atoms with van der Waals surface area (Å²) >= 11 is 0.934. The van der Waals surface area contributed by atoms with Crippen LogP contribution in [0, 0.1) is 6.92 Å². The van der Waals surface area contributed by atoms with Crippen LogP contribution in [-0.2, 0) is 17.8 Å². The van der Waals surface area contributed by atoms with Crippen molar-refractivity contribution in [1.29, 1.82) is 0 Å². The summed E-state index contributed by atoms with van der Waals surface area (Å²) in [6.07, 6.45) is -3.00. The third-order valence-electron chi connectivity index (χ3n) is 4.19. The normalized spacial score (nSPS) is 18.2. The molecule has 6 nitrogen and oxygen atoms in total. The van der Waals surface area contributed by atoms with Crippen molar-refractivity contribution >= 4 is 27.8 Å². The molecule has 3 heterocycles. The molecule has 0 spiro atoms. The van der Waals surface area contributed by atoms with Crippen LogP contribution < -0.4 is 11.2 Å². The predicted molar refractivity (Wildman–Crippen MR) is 85.5 cm³/mol. The summed E-state index contributed by atoms with van der Waals surface area (Å²) in [5.41, 5.74) is -1.77. The monoisotopic (exact) mass is 376 g/mol. The van der Waals surface area contributed by atoms with Gasteiger partial charge in [0, 0.05) is 6.61 Å². The molecular weight excluding hydrogens is 361 g/mol. The average Bonchev–Trinajstić information content (AvgIpc) is 3.14. The Kier molecular flexibility index (Phi) is 4.58. The molecule has 2 aromatic rings. The minimum absolute atomic E-state index is 0.0195. The summed E-state index contributed by atoms with van der Waals surface area (Å²) in [4.78, 5) is 36.6. The summed E-state index contributed by atoms with van der Waals surface area (Å²) in [6.45, 7) is 0.389. The van der Waals surface area contributed by atoms with E-state index in [0.717, 1.165) is 22.3 Å². The second-order valence-corrected chi connectivity index (χ2v) is 6.95. The Morgan fingerprint density at radius 2 is 2.04 bits per heavy atom. The molecule has 0 saturated carbocycles. The lowest BCUT2D eigenvalue weighted by Crippen LogP contribution is -2.44. The van der Waals surface area contributed by atoms with Gasteiger partial charge in [0.05, 0.1) is 22.9 Å². The molecule has 25 heavy (non-hydrogen) atoms. The fourth-order valence-corrected chi connectivity index (χ4v) is 4.11. The molecule has 1 saturated heterocycles. The quantitative estimate of drug-likeness (QED) is 0.766. The highest BCUT2D eigenvalue weighted by Gasteiger charge is 2.32. The topological polar surface area (TPSA) is 70.3 Å². The molecule has 2 aromatic heterocycles. The van der Waals surface area contributed by atoms with Gasteiger partial charge in [0.15, 0.2) is 6.29 Å². The van der Waals surface area contributed by atoms with Gasteiger partial charge >= 0.3 is 11.9 Å². The third-order valence-corrected chi connectivity index (χ3v) is 5.43. The molecule has 0 amide bonds. The van der Waals surface area contributed by atoms with E-state index in [1.807, 2.05) is 0 Å². The summed E-state index contributed by atoms with van der Waals surface area (Å²) < 4.78 is 45.2. The van der Waals surface area contributed by atoms with Crippen LogP contribution in [0.25, 0.3) is 10.2 Å². The van der Waals surface area contributed by atoms with Crippen LogP contribution in [-0.4, -0.2) is 34.3 Å². The van der Waals surface area contributed by atoms with Gasteiger partial charge in [0.25, 0.3) is 5.56 Å². The molecule has 3 rings (SSSR count). The molecular formula is C15H15F3N2O4S. The van der Waals surface area contributed by atoms with Crippen LogP contribution in [0.15, 0.2) is 9.59 Å². The third kappa shape index (κ3) is 3.28. The summed E-state index contributed by atoms with van der Waals surface area (Å²) in [7, 11) is 0.